The molecule has 0 aliphatic carbocycles. The first-order chi connectivity index (χ1) is 12.0. The molecule has 7 heteroatoms. The van der Waals surface area contributed by atoms with Crippen molar-refractivity contribution in [2.45, 2.75) is 13.1 Å². The summed E-state index contributed by atoms with van der Waals surface area (Å²) >= 11 is 0. The van der Waals surface area contributed by atoms with Gasteiger partial charge < -0.3 is 19.5 Å². The number of hydrogen-bond donors (Lipinski definition) is 2. The van der Waals surface area contributed by atoms with Gasteiger partial charge in [-0.25, -0.2) is 4.79 Å². The Morgan fingerprint density at radius 2 is 2.00 bits per heavy atom. The Morgan fingerprint density at radius 3 is 2.56 bits per heavy atom. The Bertz CT molecular complexity index is 721. The number of hydrogen-bond acceptors (Lipinski definition) is 3. The van der Waals surface area contributed by atoms with E-state index in [-0.39, 0.29) is 0 Å². The molecular formula is C18H25N5O2. The maximum absolute atomic E-state index is 11.2. The number of methoxy groups -OCH3 is 1. The van der Waals surface area contributed by atoms with Crippen LogP contribution in [0.25, 0.3) is 0 Å². The van der Waals surface area contributed by atoms with Gasteiger partial charge in [0.05, 0.1) is 13.7 Å². The summed E-state index contributed by atoms with van der Waals surface area (Å²) < 4.78 is 6.66. The molecule has 0 radical (unpaired) electrons. The molecule has 1 aromatic carbocycles. The lowest BCUT2D eigenvalue weighted by Crippen LogP contribution is -2.38. The van der Waals surface area contributed by atoms with Crippen molar-refractivity contribution >= 4 is 17.7 Å². The monoisotopic (exact) mass is 343 g/mol. The van der Waals surface area contributed by atoms with Crippen LogP contribution in [0.3, 0.4) is 0 Å². The van der Waals surface area contributed by atoms with Crippen molar-refractivity contribution in [1.82, 2.24) is 14.8 Å². The highest BCUT2D eigenvalue weighted by Crippen LogP contribution is 2.10. The van der Waals surface area contributed by atoms with Gasteiger partial charge in [0.2, 0.25) is 0 Å². The third-order valence-electron chi connectivity index (χ3n) is 3.86. The summed E-state index contributed by atoms with van der Waals surface area (Å²) in [6.07, 6.45) is 1.55. The number of guanidine groups is 1. The predicted molar refractivity (Wildman–Crippen MR) is 99.5 cm³/mol. The molecule has 0 aliphatic rings. The first-order valence-corrected chi connectivity index (χ1v) is 7.99. The number of ether oxygens (including phenoxy) is 1. The van der Waals surface area contributed by atoms with Gasteiger partial charge in [-0.3, -0.25) is 10.3 Å². The molecule has 1 amide bonds. The van der Waals surface area contributed by atoms with E-state index in [1.54, 1.807) is 7.05 Å². The maximum Gasteiger partial charge on any atom is 0.411 e. The molecule has 2 N–H and O–H groups in total. The van der Waals surface area contributed by atoms with E-state index in [9.17, 15) is 4.79 Å². The third kappa shape index (κ3) is 5.27. The lowest BCUT2D eigenvalue weighted by Gasteiger charge is -2.22. The van der Waals surface area contributed by atoms with E-state index in [0.717, 1.165) is 18.1 Å². The number of carbonyl (C=O) groups is 1. The molecule has 0 spiro atoms. The molecule has 2 rings (SSSR count). The Labute approximate surface area is 148 Å². The van der Waals surface area contributed by atoms with Crippen LogP contribution in [0, 0.1) is 0 Å². The fourth-order valence-electron chi connectivity index (χ4n) is 2.42. The summed E-state index contributed by atoms with van der Waals surface area (Å²) in [7, 11) is 7.15. The summed E-state index contributed by atoms with van der Waals surface area (Å²) in [5.41, 5.74) is 2.99. The second-order valence-corrected chi connectivity index (χ2v) is 5.68. The van der Waals surface area contributed by atoms with Gasteiger partial charge in [-0.05, 0) is 29.8 Å². The number of benzene rings is 1. The van der Waals surface area contributed by atoms with Crippen molar-refractivity contribution in [3.8, 4) is 0 Å². The highest BCUT2D eigenvalue weighted by atomic mass is 16.5. The molecule has 0 saturated carbocycles. The van der Waals surface area contributed by atoms with Gasteiger partial charge in [0, 0.05) is 45.3 Å². The molecule has 1 heterocycles. The minimum absolute atomic E-state index is 0.478. The average molecular weight is 343 g/mol. The minimum atomic E-state index is -0.478. The fraction of sp³-hybridized carbons (Fsp3) is 0.333. The molecule has 0 unspecified atom stereocenters. The number of rotatable bonds is 5. The number of amides is 1. The van der Waals surface area contributed by atoms with Gasteiger partial charge in [-0.15, -0.1) is 0 Å². The summed E-state index contributed by atoms with van der Waals surface area (Å²) in [5.74, 6) is 0.818. The third-order valence-corrected chi connectivity index (χ3v) is 3.86. The molecule has 134 valence electrons. The maximum atomic E-state index is 11.2. The van der Waals surface area contributed by atoms with Crippen LogP contribution in [-0.4, -0.2) is 42.7 Å². The zero-order chi connectivity index (χ0) is 18.2. The predicted octanol–water partition coefficient (Wildman–Crippen LogP) is 2.41. The number of anilines is 1. The Morgan fingerprint density at radius 1 is 1.28 bits per heavy atom. The van der Waals surface area contributed by atoms with Crippen molar-refractivity contribution < 1.29 is 9.53 Å². The van der Waals surface area contributed by atoms with Crippen molar-refractivity contribution in [3.05, 3.63) is 53.9 Å². The van der Waals surface area contributed by atoms with Crippen LogP contribution in [0.2, 0.25) is 0 Å². The first kappa shape index (κ1) is 18.4. The molecule has 0 saturated heterocycles. The number of aryl methyl sites for hydroxylation is 1. The average Bonchev–Trinajstić information content (AvgIpc) is 3.01. The van der Waals surface area contributed by atoms with Crippen LogP contribution >= 0.6 is 0 Å². The van der Waals surface area contributed by atoms with Gasteiger partial charge in [0.15, 0.2) is 5.96 Å². The second-order valence-electron chi connectivity index (χ2n) is 5.68. The molecule has 0 aliphatic heterocycles. The summed E-state index contributed by atoms with van der Waals surface area (Å²) in [5, 5.41) is 5.97. The van der Waals surface area contributed by atoms with Crippen LogP contribution in [0.15, 0.2) is 47.6 Å². The smallest absolute Gasteiger partial charge is 0.411 e. The Kier molecular flexibility index (Phi) is 6.45. The van der Waals surface area contributed by atoms with Crippen molar-refractivity contribution in [1.29, 1.82) is 0 Å². The van der Waals surface area contributed by atoms with Gasteiger partial charge >= 0.3 is 6.09 Å². The van der Waals surface area contributed by atoms with Crippen molar-refractivity contribution in [3.63, 3.8) is 0 Å². The summed E-state index contributed by atoms with van der Waals surface area (Å²) in [6.45, 7) is 1.41. The topological polar surface area (TPSA) is 70.9 Å². The van der Waals surface area contributed by atoms with Gasteiger partial charge in [-0.2, -0.15) is 0 Å². The first-order valence-electron chi connectivity index (χ1n) is 7.99. The van der Waals surface area contributed by atoms with Gasteiger partial charge in [0.25, 0.3) is 0 Å². The molecule has 7 nitrogen and oxygen atoms in total. The van der Waals surface area contributed by atoms with Crippen molar-refractivity contribution in [2.75, 3.05) is 26.5 Å². The van der Waals surface area contributed by atoms with E-state index in [0.29, 0.717) is 12.2 Å². The van der Waals surface area contributed by atoms with E-state index in [1.807, 2.05) is 50.6 Å². The van der Waals surface area contributed by atoms with E-state index in [1.165, 1.54) is 12.8 Å². The highest BCUT2D eigenvalue weighted by molar-refractivity contribution is 5.84. The lowest BCUT2D eigenvalue weighted by molar-refractivity contribution is 0.187. The highest BCUT2D eigenvalue weighted by Gasteiger charge is 2.08. The van der Waals surface area contributed by atoms with Gasteiger partial charge in [0.1, 0.15) is 0 Å². The standard InChI is InChI=1S/C18H25N5O2/c1-19-17(23(3)13-16-6-5-11-22(16)2)20-12-14-7-9-15(10-8-14)21-18(24)25-4/h5-11H,12-13H2,1-4H3,(H,19,20)(H,21,24). The summed E-state index contributed by atoms with van der Waals surface area (Å²) in [6, 6.07) is 11.7. The molecule has 0 atom stereocenters. The molecular weight excluding hydrogens is 318 g/mol. The molecule has 1 aromatic heterocycles. The number of carbonyl (C=O) groups excluding carboxylic acids is 1. The van der Waals surface area contributed by atoms with Crippen LogP contribution < -0.4 is 10.6 Å². The number of nitrogens with zero attached hydrogens (tertiary/aromatic N) is 3. The number of aliphatic imine (C=N–C) groups is 1. The van der Waals surface area contributed by atoms with Crippen molar-refractivity contribution in [2.24, 2.45) is 12.0 Å². The number of nitrogens with one attached hydrogen (secondary N) is 2. The minimum Gasteiger partial charge on any atom is -0.453 e. The zero-order valence-electron chi connectivity index (χ0n) is 15.1. The molecule has 2 aromatic rings. The van der Waals surface area contributed by atoms with Crippen LogP contribution in [0.5, 0.6) is 0 Å². The van der Waals surface area contributed by atoms with Gasteiger partial charge in [-0.1, -0.05) is 12.1 Å². The van der Waals surface area contributed by atoms with E-state index in [4.69, 9.17) is 0 Å². The van der Waals surface area contributed by atoms with Crippen LogP contribution in [0.1, 0.15) is 11.3 Å². The lowest BCUT2D eigenvalue weighted by atomic mass is 10.2. The zero-order valence-corrected chi connectivity index (χ0v) is 15.1. The molecule has 0 bridgehead atoms. The van der Waals surface area contributed by atoms with E-state index in [2.05, 4.69) is 35.9 Å². The van der Waals surface area contributed by atoms with Crippen LogP contribution in [-0.2, 0) is 24.9 Å². The SMILES string of the molecule is CN=C(NCc1ccc(NC(=O)OC)cc1)N(C)Cc1cccn1C. The fourth-order valence-corrected chi connectivity index (χ4v) is 2.42. The summed E-state index contributed by atoms with van der Waals surface area (Å²) in [4.78, 5) is 17.6. The normalized spacial score (nSPS) is 11.1. The van der Waals surface area contributed by atoms with E-state index < -0.39 is 6.09 Å². The Balaban J connectivity index is 1.89. The second kappa shape index (κ2) is 8.77. The molecule has 25 heavy (non-hydrogen) atoms. The largest absolute Gasteiger partial charge is 0.453 e. The number of aromatic nitrogens is 1. The quantitative estimate of drug-likeness (QED) is 0.646. The Hall–Kier alpha value is -2.96. The van der Waals surface area contributed by atoms with Crippen LogP contribution in [0.4, 0.5) is 10.5 Å². The van der Waals surface area contributed by atoms with E-state index >= 15 is 0 Å². The molecule has 0 fully saturated rings.